The van der Waals surface area contributed by atoms with Gasteiger partial charge in [-0.1, -0.05) is 56.2 Å². The summed E-state index contributed by atoms with van der Waals surface area (Å²) >= 11 is 0. The first kappa shape index (κ1) is 18.5. The molecule has 1 saturated carbocycles. The van der Waals surface area contributed by atoms with Gasteiger partial charge in [-0.15, -0.1) is 6.58 Å². The standard InChI is InChI=1S/C22H30O2/c1-5-21(19-11-13-20(24-4)14-12-19)17(3)22(23)15-16(2)18-9-7-6-8-10-18/h5,11-14,18,21-23H,1-3,6-10,15H2,4H3. The Bertz CT molecular complexity index is 564. The number of aliphatic hydroxyl groups is 1. The zero-order chi connectivity index (χ0) is 17.5. The summed E-state index contributed by atoms with van der Waals surface area (Å²) in [6, 6.07) is 7.84. The summed E-state index contributed by atoms with van der Waals surface area (Å²) in [7, 11) is 1.65. The van der Waals surface area contributed by atoms with Crippen LogP contribution in [0.1, 0.15) is 50.0 Å². The second-order valence-electron chi connectivity index (χ2n) is 6.77. The summed E-state index contributed by atoms with van der Waals surface area (Å²) in [6.07, 6.45) is 8.17. The van der Waals surface area contributed by atoms with Gasteiger partial charge in [0, 0.05) is 5.92 Å². The maximum atomic E-state index is 10.6. The van der Waals surface area contributed by atoms with Crippen LogP contribution in [0.3, 0.4) is 0 Å². The fraction of sp³-hybridized carbons (Fsp3) is 0.455. The van der Waals surface area contributed by atoms with Gasteiger partial charge in [-0.25, -0.2) is 0 Å². The van der Waals surface area contributed by atoms with Crippen LogP contribution in [0, 0.1) is 5.92 Å². The fourth-order valence-electron chi connectivity index (χ4n) is 3.58. The third kappa shape index (κ3) is 4.61. The summed E-state index contributed by atoms with van der Waals surface area (Å²) in [5, 5.41) is 10.6. The first-order valence-corrected chi connectivity index (χ1v) is 8.87. The van der Waals surface area contributed by atoms with Gasteiger partial charge in [0.1, 0.15) is 5.75 Å². The number of ether oxygens (including phenoxy) is 1. The van der Waals surface area contributed by atoms with Crippen molar-refractivity contribution in [2.45, 2.75) is 50.5 Å². The Balaban J connectivity index is 2.00. The Morgan fingerprint density at radius 1 is 1.21 bits per heavy atom. The highest BCUT2D eigenvalue weighted by atomic mass is 16.5. The molecule has 0 saturated heterocycles. The summed E-state index contributed by atoms with van der Waals surface area (Å²) in [6.45, 7) is 12.3. The van der Waals surface area contributed by atoms with Crippen molar-refractivity contribution in [2.24, 2.45) is 5.92 Å². The van der Waals surface area contributed by atoms with Crippen molar-refractivity contribution in [1.82, 2.24) is 0 Å². The molecule has 1 aromatic carbocycles. The van der Waals surface area contributed by atoms with Gasteiger partial charge in [-0.05, 0) is 48.4 Å². The Morgan fingerprint density at radius 2 is 1.83 bits per heavy atom. The Morgan fingerprint density at radius 3 is 2.38 bits per heavy atom. The van der Waals surface area contributed by atoms with E-state index >= 15 is 0 Å². The van der Waals surface area contributed by atoms with Crippen LogP contribution in [0.2, 0.25) is 0 Å². The van der Waals surface area contributed by atoms with E-state index in [9.17, 15) is 5.11 Å². The molecule has 24 heavy (non-hydrogen) atoms. The molecule has 0 amide bonds. The molecule has 2 rings (SSSR count). The van der Waals surface area contributed by atoms with Gasteiger partial charge >= 0.3 is 0 Å². The Labute approximate surface area is 146 Å². The predicted octanol–water partition coefficient (Wildman–Crippen LogP) is 5.41. The third-order valence-electron chi connectivity index (χ3n) is 5.18. The van der Waals surface area contributed by atoms with E-state index < -0.39 is 6.10 Å². The number of benzene rings is 1. The molecule has 0 spiro atoms. The summed E-state index contributed by atoms with van der Waals surface area (Å²) in [5.41, 5.74) is 3.02. The van der Waals surface area contributed by atoms with Crippen molar-refractivity contribution in [1.29, 1.82) is 0 Å². The molecule has 2 atom stereocenters. The molecule has 0 heterocycles. The van der Waals surface area contributed by atoms with E-state index in [1.165, 1.54) is 37.7 Å². The fourth-order valence-corrected chi connectivity index (χ4v) is 3.58. The van der Waals surface area contributed by atoms with Crippen molar-refractivity contribution in [3.05, 3.63) is 66.8 Å². The monoisotopic (exact) mass is 326 g/mol. The highest BCUT2D eigenvalue weighted by Gasteiger charge is 2.23. The van der Waals surface area contributed by atoms with E-state index in [0.29, 0.717) is 12.3 Å². The van der Waals surface area contributed by atoms with Gasteiger partial charge in [-0.2, -0.15) is 0 Å². The van der Waals surface area contributed by atoms with Crippen LogP contribution in [-0.2, 0) is 0 Å². The smallest absolute Gasteiger partial charge is 0.118 e. The zero-order valence-electron chi connectivity index (χ0n) is 14.8. The average Bonchev–Trinajstić information content (AvgIpc) is 2.63. The van der Waals surface area contributed by atoms with Crippen LogP contribution < -0.4 is 4.74 Å². The lowest BCUT2D eigenvalue weighted by Crippen LogP contribution is -2.19. The van der Waals surface area contributed by atoms with Gasteiger partial charge in [-0.3, -0.25) is 0 Å². The molecule has 0 aromatic heterocycles. The van der Waals surface area contributed by atoms with Gasteiger partial charge in [0.2, 0.25) is 0 Å². The summed E-state index contributed by atoms with van der Waals surface area (Å²) in [4.78, 5) is 0. The summed E-state index contributed by atoms with van der Waals surface area (Å²) < 4.78 is 5.20. The van der Waals surface area contributed by atoms with E-state index in [4.69, 9.17) is 4.74 Å². The lowest BCUT2D eigenvalue weighted by molar-refractivity contribution is 0.200. The molecular weight excluding hydrogens is 296 g/mol. The topological polar surface area (TPSA) is 29.5 Å². The number of rotatable bonds is 8. The molecule has 1 aromatic rings. The average molecular weight is 326 g/mol. The van der Waals surface area contributed by atoms with Crippen LogP contribution >= 0.6 is 0 Å². The molecule has 0 bridgehead atoms. The van der Waals surface area contributed by atoms with Crippen molar-refractivity contribution >= 4 is 0 Å². The van der Waals surface area contributed by atoms with Crippen molar-refractivity contribution in [3.8, 4) is 5.75 Å². The second-order valence-corrected chi connectivity index (χ2v) is 6.77. The molecule has 1 aliphatic carbocycles. The Hall–Kier alpha value is -1.80. The van der Waals surface area contributed by atoms with Crippen LogP contribution in [-0.4, -0.2) is 18.3 Å². The molecule has 130 valence electrons. The van der Waals surface area contributed by atoms with Gasteiger partial charge in [0.05, 0.1) is 13.2 Å². The van der Waals surface area contributed by atoms with Gasteiger partial charge in [0.15, 0.2) is 0 Å². The second kappa shape index (κ2) is 8.89. The Kier molecular flexibility index (Phi) is 6.86. The maximum Gasteiger partial charge on any atom is 0.118 e. The maximum absolute atomic E-state index is 10.6. The quantitative estimate of drug-likeness (QED) is 0.647. The first-order valence-electron chi connectivity index (χ1n) is 8.87. The minimum absolute atomic E-state index is 0.0648. The minimum atomic E-state index is -0.579. The van der Waals surface area contributed by atoms with E-state index in [2.05, 4.69) is 19.7 Å². The number of allylic oxidation sites excluding steroid dienone is 1. The van der Waals surface area contributed by atoms with E-state index in [-0.39, 0.29) is 5.92 Å². The molecule has 1 N–H and O–H groups in total. The van der Waals surface area contributed by atoms with Crippen LogP contribution in [0.5, 0.6) is 5.75 Å². The highest BCUT2D eigenvalue weighted by Crippen LogP contribution is 2.34. The molecule has 2 unspecified atom stereocenters. The number of hydrogen-bond acceptors (Lipinski definition) is 2. The number of methoxy groups -OCH3 is 1. The molecular formula is C22H30O2. The van der Waals surface area contributed by atoms with Gasteiger partial charge < -0.3 is 9.84 Å². The zero-order valence-corrected chi connectivity index (χ0v) is 14.8. The van der Waals surface area contributed by atoms with Crippen molar-refractivity contribution in [2.75, 3.05) is 7.11 Å². The first-order chi connectivity index (χ1) is 11.6. The predicted molar refractivity (Wildman–Crippen MR) is 101 cm³/mol. The van der Waals surface area contributed by atoms with E-state index in [1.54, 1.807) is 7.11 Å². The minimum Gasteiger partial charge on any atom is -0.497 e. The van der Waals surface area contributed by atoms with Crippen LogP contribution in [0.15, 0.2) is 61.2 Å². The van der Waals surface area contributed by atoms with Crippen LogP contribution in [0.25, 0.3) is 0 Å². The largest absolute Gasteiger partial charge is 0.497 e. The van der Waals surface area contributed by atoms with Gasteiger partial charge in [0.25, 0.3) is 0 Å². The van der Waals surface area contributed by atoms with Crippen LogP contribution in [0.4, 0.5) is 0 Å². The van der Waals surface area contributed by atoms with Crippen molar-refractivity contribution in [3.63, 3.8) is 0 Å². The third-order valence-corrected chi connectivity index (χ3v) is 5.18. The van der Waals surface area contributed by atoms with E-state index in [0.717, 1.165) is 16.9 Å². The normalized spacial score (nSPS) is 17.8. The molecule has 0 aliphatic heterocycles. The number of hydrogen-bond donors (Lipinski definition) is 1. The molecule has 1 fully saturated rings. The molecule has 2 heteroatoms. The lowest BCUT2D eigenvalue weighted by atomic mass is 9.80. The number of aliphatic hydroxyl groups excluding tert-OH is 1. The lowest BCUT2D eigenvalue weighted by Gasteiger charge is -2.27. The highest BCUT2D eigenvalue weighted by molar-refractivity contribution is 5.37. The summed E-state index contributed by atoms with van der Waals surface area (Å²) in [5.74, 6) is 1.31. The molecule has 1 aliphatic rings. The van der Waals surface area contributed by atoms with Crippen molar-refractivity contribution < 1.29 is 9.84 Å². The molecule has 2 nitrogen and oxygen atoms in total. The molecule has 0 radical (unpaired) electrons. The van der Waals surface area contributed by atoms with E-state index in [1.807, 2.05) is 30.3 Å². The SMILES string of the molecule is C=CC(C(=C)C(O)CC(=C)C1CCCCC1)c1ccc(OC)cc1.